The molecule has 4 heteroatoms. The van der Waals surface area contributed by atoms with Crippen molar-refractivity contribution in [3.8, 4) is 0 Å². The third-order valence-corrected chi connectivity index (χ3v) is 4.85. The number of amides is 1. The number of nitrogens with zero attached hydrogens (tertiary/aromatic N) is 1. The van der Waals surface area contributed by atoms with E-state index in [1.807, 2.05) is 12.1 Å². The first-order chi connectivity index (χ1) is 11.1. The van der Waals surface area contributed by atoms with Crippen molar-refractivity contribution in [2.75, 3.05) is 18.0 Å². The Kier molecular flexibility index (Phi) is 5.21. The molecule has 0 radical (unpaired) electrons. The van der Waals surface area contributed by atoms with E-state index in [4.69, 9.17) is 4.74 Å². The van der Waals surface area contributed by atoms with Crippen LogP contribution in [0.2, 0.25) is 0 Å². The molecule has 3 rings (SSSR count). The Labute approximate surface area is 139 Å². The molecule has 1 aromatic rings. The molecule has 0 bridgehead atoms. The Morgan fingerprint density at radius 3 is 2.26 bits per heavy atom. The maximum atomic E-state index is 12.4. The number of ether oxygens (including phenoxy) is 1. The smallest absolute Gasteiger partial charge is 0.251 e. The Hall–Kier alpha value is -1.55. The molecule has 23 heavy (non-hydrogen) atoms. The van der Waals surface area contributed by atoms with Crippen molar-refractivity contribution in [3.63, 3.8) is 0 Å². The molecule has 1 amide bonds. The highest BCUT2D eigenvalue weighted by Gasteiger charge is 2.22. The number of anilines is 1. The molecule has 1 heterocycles. The normalized spacial score (nSPS) is 26.1. The molecule has 1 aliphatic carbocycles. The van der Waals surface area contributed by atoms with Gasteiger partial charge >= 0.3 is 0 Å². The van der Waals surface area contributed by atoms with Gasteiger partial charge in [0.05, 0.1) is 12.2 Å². The highest BCUT2D eigenvalue weighted by Crippen LogP contribution is 2.22. The number of hydrogen-bond donors (Lipinski definition) is 1. The van der Waals surface area contributed by atoms with Crippen LogP contribution in [-0.2, 0) is 4.74 Å². The molecule has 1 N–H and O–H groups in total. The number of morpholine rings is 1. The maximum Gasteiger partial charge on any atom is 0.251 e. The lowest BCUT2D eigenvalue weighted by Crippen LogP contribution is -2.45. The summed E-state index contributed by atoms with van der Waals surface area (Å²) in [6.07, 6.45) is 6.49. The van der Waals surface area contributed by atoms with E-state index in [-0.39, 0.29) is 18.1 Å². The fraction of sp³-hybridized carbons (Fsp3) is 0.632. The van der Waals surface area contributed by atoms with E-state index in [0.717, 1.165) is 31.5 Å². The van der Waals surface area contributed by atoms with Gasteiger partial charge in [0.25, 0.3) is 5.91 Å². The fourth-order valence-electron chi connectivity index (χ4n) is 3.73. The van der Waals surface area contributed by atoms with Gasteiger partial charge in [-0.05, 0) is 51.0 Å². The van der Waals surface area contributed by atoms with E-state index in [0.29, 0.717) is 6.04 Å². The molecule has 2 aliphatic rings. The van der Waals surface area contributed by atoms with Crippen LogP contribution in [0.25, 0.3) is 0 Å². The molecule has 2 fully saturated rings. The van der Waals surface area contributed by atoms with E-state index >= 15 is 0 Å². The first-order valence-electron chi connectivity index (χ1n) is 8.93. The van der Waals surface area contributed by atoms with Crippen molar-refractivity contribution in [1.29, 1.82) is 0 Å². The quantitative estimate of drug-likeness (QED) is 0.929. The highest BCUT2D eigenvalue weighted by atomic mass is 16.5. The molecule has 1 aromatic carbocycles. The van der Waals surface area contributed by atoms with Gasteiger partial charge < -0.3 is 15.0 Å². The Morgan fingerprint density at radius 1 is 1.04 bits per heavy atom. The van der Waals surface area contributed by atoms with Gasteiger partial charge in [-0.15, -0.1) is 0 Å². The van der Waals surface area contributed by atoms with Crippen LogP contribution in [0.1, 0.15) is 56.3 Å². The summed E-state index contributed by atoms with van der Waals surface area (Å²) in [6.45, 7) is 6.01. The summed E-state index contributed by atoms with van der Waals surface area (Å²) >= 11 is 0. The van der Waals surface area contributed by atoms with Gasteiger partial charge in [0.15, 0.2) is 0 Å². The van der Waals surface area contributed by atoms with E-state index in [1.54, 1.807) is 0 Å². The molecule has 1 saturated carbocycles. The van der Waals surface area contributed by atoms with Gasteiger partial charge in [0, 0.05) is 30.4 Å². The lowest BCUT2D eigenvalue weighted by Gasteiger charge is -2.36. The molecule has 2 atom stereocenters. The third-order valence-electron chi connectivity index (χ3n) is 4.85. The molecule has 2 unspecified atom stereocenters. The van der Waals surface area contributed by atoms with Crippen molar-refractivity contribution < 1.29 is 9.53 Å². The summed E-state index contributed by atoms with van der Waals surface area (Å²) in [5, 5.41) is 3.18. The molecule has 0 aromatic heterocycles. The van der Waals surface area contributed by atoms with Crippen LogP contribution < -0.4 is 10.2 Å². The SMILES string of the molecule is CC1CN(c2ccc(C(=O)NC3CCCCC3)cc2)CC(C)O1. The standard InChI is InChI=1S/C19H28N2O2/c1-14-12-21(13-15(2)23-14)18-10-8-16(9-11-18)19(22)20-17-6-4-3-5-7-17/h8-11,14-15,17H,3-7,12-13H2,1-2H3,(H,20,22). The topological polar surface area (TPSA) is 41.6 Å². The number of carbonyl (C=O) groups excluding carboxylic acids is 1. The van der Waals surface area contributed by atoms with Crippen LogP contribution in [0.3, 0.4) is 0 Å². The molecule has 1 saturated heterocycles. The average molecular weight is 316 g/mol. The summed E-state index contributed by atoms with van der Waals surface area (Å²) < 4.78 is 5.78. The van der Waals surface area contributed by atoms with Crippen LogP contribution in [0, 0.1) is 0 Å². The van der Waals surface area contributed by atoms with Gasteiger partial charge in [0.1, 0.15) is 0 Å². The number of benzene rings is 1. The summed E-state index contributed by atoms with van der Waals surface area (Å²) in [5.41, 5.74) is 1.93. The molecule has 4 nitrogen and oxygen atoms in total. The lowest BCUT2D eigenvalue weighted by molar-refractivity contribution is -0.00522. The second-order valence-electron chi connectivity index (χ2n) is 7.02. The van der Waals surface area contributed by atoms with E-state index < -0.39 is 0 Å². The van der Waals surface area contributed by atoms with Crippen LogP contribution in [0.15, 0.2) is 24.3 Å². The van der Waals surface area contributed by atoms with E-state index in [2.05, 4.69) is 36.2 Å². The van der Waals surface area contributed by atoms with Crippen LogP contribution in [-0.4, -0.2) is 37.2 Å². The molecule has 0 spiro atoms. The van der Waals surface area contributed by atoms with Crippen LogP contribution >= 0.6 is 0 Å². The summed E-state index contributed by atoms with van der Waals surface area (Å²) in [5.74, 6) is 0.0622. The molecule has 1 aliphatic heterocycles. The zero-order valence-corrected chi connectivity index (χ0v) is 14.3. The predicted molar refractivity (Wildman–Crippen MR) is 93.0 cm³/mol. The Balaban J connectivity index is 1.61. The van der Waals surface area contributed by atoms with Crippen LogP contribution in [0.4, 0.5) is 5.69 Å². The summed E-state index contributed by atoms with van der Waals surface area (Å²) in [7, 11) is 0. The summed E-state index contributed by atoms with van der Waals surface area (Å²) in [6, 6.07) is 8.36. The molecular formula is C19H28N2O2. The van der Waals surface area contributed by atoms with Gasteiger partial charge in [-0.3, -0.25) is 4.79 Å². The monoisotopic (exact) mass is 316 g/mol. The average Bonchev–Trinajstić information content (AvgIpc) is 2.55. The van der Waals surface area contributed by atoms with Gasteiger partial charge in [-0.25, -0.2) is 0 Å². The first-order valence-corrected chi connectivity index (χ1v) is 8.93. The van der Waals surface area contributed by atoms with E-state index in [1.165, 1.54) is 24.9 Å². The Bertz CT molecular complexity index is 513. The van der Waals surface area contributed by atoms with E-state index in [9.17, 15) is 4.79 Å². The lowest BCUT2D eigenvalue weighted by atomic mass is 9.95. The van der Waals surface area contributed by atoms with Crippen molar-refractivity contribution in [2.45, 2.75) is 64.2 Å². The maximum absolute atomic E-state index is 12.4. The summed E-state index contributed by atoms with van der Waals surface area (Å²) in [4.78, 5) is 14.7. The number of nitrogens with one attached hydrogen (secondary N) is 1. The second kappa shape index (κ2) is 7.35. The van der Waals surface area contributed by atoms with Gasteiger partial charge in [-0.1, -0.05) is 19.3 Å². The highest BCUT2D eigenvalue weighted by molar-refractivity contribution is 5.94. The third kappa shape index (κ3) is 4.25. The second-order valence-corrected chi connectivity index (χ2v) is 7.02. The minimum absolute atomic E-state index is 0.0622. The number of carbonyl (C=O) groups is 1. The minimum atomic E-state index is 0.0622. The predicted octanol–water partition coefficient (Wildman–Crippen LogP) is 3.36. The van der Waals surface area contributed by atoms with Gasteiger partial charge in [0.2, 0.25) is 0 Å². The van der Waals surface area contributed by atoms with Crippen molar-refractivity contribution in [1.82, 2.24) is 5.32 Å². The van der Waals surface area contributed by atoms with Crippen LogP contribution in [0.5, 0.6) is 0 Å². The van der Waals surface area contributed by atoms with Crippen molar-refractivity contribution in [3.05, 3.63) is 29.8 Å². The fourth-order valence-corrected chi connectivity index (χ4v) is 3.73. The molecular weight excluding hydrogens is 288 g/mol. The number of hydrogen-bond acceptors (Lipinski definition) is 3. The largest absolute Gasteiger partial charge is 0.372 e. The zero-order valence-electron chi connectivity index (χ0n) is 14.3. The number of rotatable bonds is 3. The van der Waals surface area contributed by atoms with Gasteiger partial charge in [-0.2, -0.15) is 0 Å². The zero-order chi connectivity index (χ0) is 16.2. The molecule has 126 valence electrons. The minimum Gasteiger partial charge on any atom is -0.372 e. The van der Waals surface area contributed by atoms with Crippen molar-refractivity contribution >= 4 is 11.6 Å². The first kappa shape index (κ1) is 16.3. The van der Waals surface area contributed by atoms with Crippen molar-refractivity contribution in [2.24, 2.45) is 0 Å². The Morgan fingerprint density at radius 2 is 1.65 bits per heavy atom.